The maximum atomic E-state index is 13.5. The van der Waals surface area contributed by atoms with Crippen molar-refractivity contribution in [3.05, 3.63) is 65.7 Å². The molecule has 0 saturated heterocycles. The summed E-state index contributed by atoms with van der Waals surface area (Å²) in [4.78, 5) is 26.7. The zero-order chi connectivity index (χ0) is 20.6. The van der Waals surface area contributed by atoms with Gasteiger partial charge in [-0.3, -0.25) is 14.5 Å². The Bertz CT molecular complexity index is 913. The van der Waals surface area contributed by atoms with Gasteiger partial charge in [0.15, 0.2) is 11.5 Å². The van der Waals surface area contributed by atoms with E-state index in [1.807, 2.05) is 6.92 Å². The Kier molecular flexibility index (Phi) is 6.97. The van der Waals surface area contributed by atoms with E-state index in [9.17, 15) is 14.0 Å². The van der Waals surface area contributed by atoms with Gasteiger partial charge in [0.25, 0.3) is 5.91 Å². The van der Waals surface area contributed by atoms with E-state index in [1.165, 1.54) is 23.1 Å². The Morgan fingerprint density at radius 2 is 2.07 bits per heavy atom. The van der Waals surface area contributed by atoms with E-state index >= 15 is 0 Å². The van der Waals surface area contributed by atoms with Gasteiger partial charge in [0.1, 0.15) is 12.4 Å². The standard InChI is InChI=1S/C22H23FN2O4/c1-2-28-12-6-11-24-21(26)15-25-18-9-3-4-10-19(18)29-20(22(25)27)14-16-7-5-8-17(23)13-16/h3-5,7-10,13-14H,2,6,11-12,15H2,1H3,(H,24,26). The monoisotopic (exact) mass is 398 g/mol. The fourth-order valence-corrected chi connectivity index (χ4v) is 2.91. The second kappa shape index (κ2) is 9.84. The molecule has 7 heteroatoms. The molecule has 0 unspecified atom stereocenters. The topological polar surface area (TPSA) is 67.9 Å². The Balaban J connectivity index is 1.76. The molecule has 0 aliphatic carbocycles. The minimum absolute atomic E-state index is 0.0263. The van der Waals surface area contributed by atoms with Crippen molar-refractivity contribution >= 4 is 23.6 Å². The molecule has 0 spiro atoms. The fraction of sp³-hybridized carbons (Fsp3) is 0.273. The SMILES string of the molecule is CCOCCCNC(=O)CN1C(=O)C(=Cc2cccc(F)c2)Oc2ccccc21. The number of nitrogens with zero attached hydrogens (tertiary/aromatic N) is 1. The third kappa shape index (κ3) is 5.42. The Morgan fingerprint density at radius 1 is 1.24 bits per heavy atom. The number of nitrogens with one attached hydrogen (secondary N) is 1. The molecule has 0 radical (unpaired) electrons. The van der Waals surface area contributed by atoms with Gasteiger partial charge in [-0.05, 0) is 49.2 Å². The van der Waals surface area contributed by atoms with Crippen LogP contribution in [-0.2, 0) is 14.3 Å². The van der Waals surface area contributed by atoms with E-state index in [0.717, 1.165) is 0 Å². The van der Waals surface area contributed by atoms with Crippen LogP contribution in [0, 0.1) is 5.82 Å². The molecule has 0 saturated carbocycles. The number of carbonyl (C=O) groups excluding carboxylic acids is 2. The second-order valence-electron chi connectivity index (χ2n) is 6.43. The van der Waals surface area contributed by atoms with Crippen LogP contribution >= 0.6 is 0 Å². The highest BCUT2D eigenvalue weighted by molar-refractivity contribution is 6.12. The van der Waals surface area contributed by atoms with Crippen molar-refractivity contribution in [1.29, 1.82) is 0 Å². The van der Waals surface area contributed by atoms with Crippen molar-refractivity contribution in [2.24, 2.45) is 0 Å². The third-order valence-corrected chi connectivity index (χ3v) is 4.27. The van der Waals surface area contributed by atoms with E-state index in [-0.39, 0.29) is 18.2 Å². The summed E-state index contributed by atoms with van der Waals surface area (Å²) in [5.41, 5.74) is 1.01. The molecule has 0 aromatic heterocycles. The zero-order valence-corrected chi connectivity index (χ0v) is 16.2. The molecule has 1 aliphatic heterocycles. The van der Waals surface area contributed by atoms with Crippen molar-refractivity contribution in [3.8, 4) is 5.75 Å². The normalized spacial score (nSPS) is 14.5. The lowest BCUT2D eigenvalue weighted by Gasteiger charge is -2.30. The summed E-state index contributed by atoms with van der Waals surface area (Å²) in [6.07, 6.45) is 2.16. The summed E-state index contributed by atoms with van der Waals surface area (Å²) >= 11 is 0. The highest BCUT2D eigenvalue weighted by Crippen LogP contribution is 2.35. The summed E-state index contributed by atoms with van der Waals surface area (Å²) in [5.74, 6) is -0.669. The Labute approximate surface area is 168 Å². The third-order valence-electron chi connectivity index (χ3n) is 4.27. The number of halogens is 1. The number of hydrogen-bond acceptors (Lipinski definition) is 4. The van der Waals surface area contributed by atoms with Crippen molar-refractivity contribution in [2.75, 3.05) is 31.2 Å². The summed E-state index contributed by atoms with van der Waals surface area (Å²) in [7, 11) is 0. The summed E-state index contributed by atoms with van der Waals surface area (Å²) < 4.78 is 24.4. The quantitative estimate of drug-likeness (QED) is 0.548. The van der Waals surface area contributed by atoms with Gasteiger partial charge < -0.3 is 14.8 Å². The van der Waals surface area contributed by atoms with Crippen LogP contribution in [0.25, 0.3) is 6.08 Å². The molecule has 0 atom stereocenters. The average molecular weight is 398 g/mol. The number of fused-ring (bicyclic) bond motifs is 1. The van der Waals surface area contributed by atoms with Gasteiger partial charge in [-0.15, -0.1) is 0 Å². The second-order valence-corrected chi connectivity index (χ2v) is 6.43. The predicted octanol–water partition coefficient (Wildman–Crippen LogP) is 3.14. The molecular weight excluding hydrogens is 375 g/mol. The van der Waals surface area contributed by atoms with Crippen LogP contribution in [0.3, 0.4) is 0 Å². The van der Waals surface area contributed by atoms with Crippen molar-refractivity contribution in [1.82, 2.24) is 5.32 Å². The molecule has 3 rings (SSSR count). The van der Waals surface area contributed by atoms with Crippen LogP contribution in [0.5, 0.6) is 5.75 Å². The van der Waals surface area contributed by atoms with Crippen LogP contribution in [-0.4, -0.2) is 38.1 Å². The molecule has 0 fully saturated rings. The summed E-state index contributed by atoms with van der Waals surface area (Å²) in [6.45, 7) is 3.43. The van der Waals surface area contributed by atoms with E-state index in [1.54, 1.807) is 36.4 Å². The summed E-state index contributed by atoms with van der Waals surface area (Å²) in [5, 5.41) is 2.79. The highest BCUT2D eigenvalue weighted by Gasteiger charge is 2.31. The first-order chi connectivity index (χ1) is 14.1. The van der Waals surface area contributed by atoms with Crippen LogP contribution in [0.15, 0.2) is 54.3 Å². The van der Waals surface area contributed by atoms with Crippen molar-refractivity contribution in [2.45, 2.75) is 13.3 Å². The Morgan fingerprint density at radius 3 is 2.86 bits per heavy atom. The lowest BCUT2D eigenvalue weighted by Crippen LogP contribution is -2.44. The first kappa shape index (κ1) is 20.5. The van der Waals surface area contributed by atoms with Crippen LogP contribution < -0.4 is 15.0 Å². The fourth-order valence-electron chi connectivity index (χ4n) is 2.91. The molecule has 152 valence electrons. The number of para-hydroxylation sites is 2. The van der Waals surface area contributed by atoms with E-state index in [2.05, 4.69) is 5.32 Å². The number of ether oxygens (including phenoxy) is 2. The smallest absolute Gasteiger partial charge is 0.294 e. The maximum Gasteiger partial charge on any atom is 0.294 e. The molecular formula is C22H23FN2O4. The number of amides is 2. The average Bonchev–Trinajstić information content (AvgIpc) is 2.71. The van der Waals surface area contributed by atoms with E-state index < -0.39 is 11.7 Å². The first-order valence-corrected chi connectivity index (χ1v) is 9.49. The van der Waals surface area contributed by atoms with Gasteiger partial charge in [-0.2, -0.15) is 0 Å². The van der Waals surface area contributed by atoms with E-state index in [4.69, 9.17) is 9.47 Å². The zero-order valence-electron chi connectivity index (χ0n) is 16.2. The predicted molar refractivity (Wildman–Crippen MR) is 108 cm³/mol. The Hall–Kier alpha value is -3.19. The van der Waals surface area contributed by atoms with Gasteiger partial charge in [0.05, 0.1) is 5.69 Å². The molecule has 1 heterocycles. The minimum Gasteiger partial charge on any atom is -0.449 e. The molecule has 29 heavy (non-hydrogen) atoms. The molecule has 1 N–H and O–H groups in total. The van der Waals surface area contributed by atoms with Gasteiger partial charge in [-0.25, -0.2) is 4.39 Å². The van der Waals surface area contributed by atoms with Crippen LogP contribution in [0.2, 0.25) is 0 Å². The molecule has 2 aromatic carbocycles. The lowest BCUT2D eigenvalue weighted by atomic mass is 10.1. The van der Waals surface area contributed by atoms with Crippen LogP contribution in [0.4, 0.5) is 10.1 Å². The number of carbonyl (C=O) groups is 2. The van der Waals surface area contributed by atoms with E-state index in [0.29, 0.717) is 43.2 Å². The van der Waals surface area contributed by atoms with Gasteiger partial charge in [-0.1, -0.05) is 24.3 Å². The molecule has 6 nitrogen and oxygen atoms in total. The van der Waals surface area contributed by atoms with Crippen molar-refractivity contribution in [3.63, 3.8) is 0 Å². The number of hydrogen-bond donors (Lipinski definition) is 1. The minimum atomic E-state index is -0.461. The first-order valence-electron chi connectivity index (χ1n) is 9.49. The van der Waals surface area contributed by atoms with Gasteiger partial charge >= 0.3 is 0 Å². The lowest BCUT2D eigenvalue weighted by molar-refractivity contribution is -0.123. The molecule has 0 bridgehead atoms. The number of anilines is 1. The number of benzene rings is 2. The molecule has 1 aliphatic rings. The number of rotatable bonds is 8. The largest absolute Gasteiger partial charge is 0.449 e. The van der Waals surface area contributed by atoms with Crippen LogP contribution in [0.1, 0.15) is 18.9 Å². The highest BCUT2D eigenvalue weighted by atomic mass is 19.1. The summed E-state index contributed by atoms with van der Waals surface area (Å²) in [6, 6.07) is 12.8. The molecule has 2 aromatic rings. The van der Waals surface area contributed by atoms with Gasteiger partial charge in [0.2, 0.25) is 5.91 Å². The molecule has 2 amide bonds. The van der Waals surface area contributed by atoms with Gasteiger partial charge in [0, 0.05) is 19.8 Å². The van der Waals surface area contributed by atoms with Crippen molar-refractivity contribution < 1.29 is 23.5 Å². The maximum absolute atomic E-state index is 13.5.